The first kappa shape index (κ1) is 11.6. The van der Waals surface area contributed by atoms with Crippen molar-refractivity contribution in [2.24, 2.45) is 9.98 Å². The predicted molar refractivity (Wildman–Crippen MR) is 68.7 cm³/mol. The van der Waals surface area contributed by atoms with Crippen LogP contribution in [0.1, 0.15) is 5.56 Å². The number of aromatic amines is 1. The molecular formula is C13H11FN4O. The molecule has 5 nitrogen and oxygen atoms in total. The van der Waals surface area contributed by atoms with E-state index in [-0.39, 0.29) is 11.4 Å². The number of halogens is 1. The normalized spacial score (nSPS) is 12.5. The summed E-state index contributed by atoms with van der Waals surface area (Å²) in [4.78, 5) is 22.6. The first-order valence-electron chi connectivity index (χ1n) is 5.79. The van der Waals surface area contributed by atoms with Gasteiger partial charge in [-0.25, -0.2) is 9.38 Å². The van der Waals surface area contributed by atoms with Crippen LogP contribution in [-0.2, 0) is 0 Å². The fourth-order valence-electron chi connectivity index (χ4n) is 1.85. The molecule has 3 rings (SSSR count). The zero-order chi connectivity index (χ0) is 13.4. The molecule has 0 saturated heterocycles. The Morgan fingerprint density at radius 1 is 1.32 bits per heavy atom. The molecule has 19 heavy (non-hydrogen) atoms. The smallest absolute Gasteiger partial charge is 0.273 e. The molecule has 1 aromatic carbocycles. The number of hydrogen-bond acceptors (Lipinski definition) is 4. The minimum Gasteiger partial charge on any atom is -0.351 e. The van der Waals surface area contributed by atoms with E-state index in [1.165, 1.54) is 6.07 Å². The molecule has 1 aliphatic heterocycles. The van der Waals surface area contributed by atoms with Gasteiger partial charge in [-0.3, -0.25) is 9.79 Å². The Labute approximate surface area is 107 Å². The lowest BCUT2D eigenvalue weighted by Gasteiger charge is -2.06. The van der Waals surface area contributed by atoms with Crippen LogP contribution in [-0.4, -0.2) is 11.7 Å². The number of hydrogen-bond donors (Lipinski definition) is 2. The Balaban J connectivity index is 2.03. The molecule has 0 unspecified atom stereocenters. The monoisotopic (exact) mass is 258 g/mol. The third-order valence-electron chi connectivity index (χ3n) is 2.92. The maximum Gasteiger partial charge on any atom is 0.273 e. The number of aryl methyl sites for hydroxylation is 1. The molecule has 2 aromatic rings. The van der Waals surface area contributed by atoms with Crippen molar-refractivity contribution in [2.45, 2.75) is 6.92 Å². The lowest BCUT2D eigenvalue weighted by Crippen LogP contribution is -2.33. The van der Waals surface area contributed by atoms with E-state index in [1.807, 2.05) is 0 Å². The van der Waals surface area contributed by atoms with Crippen LogP contribution in [0.3, 0.4) is 0 Å². The fraction of sp³-hybridized carbons (Fsp3) is 0.154. The van der Waals surface area contributed by atoms with Gasteiger partial charge in [-0.05, 0) is 30.7 Å². The lowest BCUT2D eigenvalue weighted by atomic mass is 10.2. The third kappa shape index (κ3) is 2.12. The summed E-state index contributed by atoms with van der Waals surface area (Å²) in [5, 5.41) is 3.52. The zero-order valence-electron chi connectivity index (χ0n) is 10.2. The van der Waals surface area contributed by atoms with Crippen LogP contribution in [0.5, 0.6) is 0 Å². The molecule has 0 radical (unpaired) electrons. The highest BCUT2D eigenvalue weighted by atomic mass is 19.1. The van der Waals surface area contributed by atoms with E-state index in [4.69, 9.17) is 0 Å². The molecule has 0 bridgehead atoms. The number of fused-ring (bicyclic) bond motifs is 1. The van der Waals surface area contributed by atoms with Crippen molar-refractivity contribution >= 4 is 11.4 Å². The van der Waals surface area contributed by atoms with Crippen LogP contribution < -0.4 is 21.7 Å². The van der Waals surface area contributed by atoms with Gasteiger partial charge in [-0.1, -0.05) is 6.07 Å². The molecule has 2 heterocycles. The van der Waals surface area contributed by atoms with Gasteiger partial charge in [0.1, 0.15) is 23.5 Å². The van der Waals surface area contributed by atoms with Crippen LogP contribution in [0.2, 0.25) is 0 Å². The standard InChI is InChI=1S/C13H11FN4O/c1-7-2-3-8(4-9(7)14)17-11-5-10-12(16-6-15-10)18-13(11)19/h2-5,17H,6H2,1H3,(H,16,18,19). The minimum atomic E-state index is -0.317. The average Bonchev–Trinajstić information content (AvgIpc) is 2.81. The second kappa shape index (κ2) is 4.31. The molecular weight excluding hydrogens is 247 g/mol. The summed E-state index contributed by atoms with van der Waals surface area (Å²) in [7, 11) is 0. The number of benzene rings is 1. The second-order valence-corrected chi connectivity index (χ2v) is 4.29. The maximum atomic E-state index is 13.4. The van der Waals surface area contributed by atoms with Crippen LogP contribution >= 0.6 is 0 Å². The highest BCUT2D eigenvalue weighted by Crippen LogP contribution is 2.16. The third-order valence-corrected chi connectivity index (χ3v) is 2.92. The molecule has 0 aliphatic carbocycles. The Bertz CT molecular complexity index is 826. The van der Waals surface area contributed by atoms with Crippen molar-refractivity contribution in [1.29, 1.82) is 0 Å². The van der Waals surface area contributed by atoms with E-state index in [9.17, 15) is 9.18 Å². The van der Waals surface area contributed by atoms with Gasteiger partial charge in [0.15, 0.2) is 5.49 Å². The first-order chi connectivity index (χ1) is 9.13. The number of anilines is 2. The van der Waals surface area contributed by atoms with Gasteiger partial charge in [-0.2, -0.15) is 0 Å². The van der Waals surface area contributed by atoms with Gasteiger partial charge >= 0.3 is 0 Å². The van der Waals surface area contributed by atoms with Crippen LogP contribution in [0.15, 0.2) is 39.0 Å². The molecule has 1 aliphatic rings. The molecule has 0 fully saturated rings. The molecule has 2 N–H and O–H groups in total. The number of nitrogens with one attached hydrogen (secondary N) is 2. The van der Waals surface area contributed by atoms with Crippen molar-refractivity contribution in [3.63, 3.8) is 0 Å². The van der Waals surface area contributed by atoms with Gasteiger partial charge < -0.3 is 10.3 Å². The minimum absolute atomic E-state index is 0.305. The number of pyridine rings is 1. The van der Waals surface area contributed by atoms with E-state index < -0.39 is 0 Å². The molecule has 6 heteroatoms. The van der Waals surface area contributed by atoms with Crippen LogP contribution in [0, 0.1) is 12.7 Å². The van der Waals surface area contributed by atoms with E-state index >= 15 is 0 Å². The topological polar surface area (TPSA) is 69.6 Å². The summed E-state index contributed by atoms with van der Waals surface area (Å²) in [5.41, 5.74) is 1.58. The summed E-state index contributed by atoms with van der Waals surface area (Å²) in [6.07, 6.45) is 0. The van der Waals surface area contributed by atoms with Gasteiger partial charge in [0.2, 0.25) is 0 Å². The Hall–Kier alpha value is -2.50. The maximum absolute atomic E-state index is 13.4. The summed E-state index contributed by atoms with van der Waals surface area (Å²) in [5.74, 6) is -0.317. The summed E-state index contributed by atoms with van der Waals surface area (Å²) in [6, 6.07) is 6.33. The van der Waals surface area contributed by atoms with Gasteiger partial charge in [0, 0.05) is 5.69 Å². The molecule has 1 aromatic heterocycles. The zero-order valence-corrected chi connectivity index (χ0v) is 10.2. The molecule has 96 valence electrons. The predicted octanol–water partition coefficient (Wildman–Crippen LogP) is 0.776. The van der Waals surface area contributed by atoms with Crippen molar-refractivity contribution < 1.29 is 4.39 Å². The molecule has 0 spiro atoms. The summed E-state index contributed by atoms with van der Waals surface area (Å²) >= 11 is 0. The Morgan fingerprint density at radius 3 is 2.95 bits per heavy atom. The van der Waals surface area contributed by atoms with E-state index in [1.54, 1.807) is 25.1 Å². The van der Waals surface area contributed by atoms with E-state index in [0.29, 0.717) is 34.5 Å². The fourth-order valence-corrected chi connectivity index (χ4v) is 1.85. The highest BCUT2D eigenvalue weighted by Gasteiger charge is 2.06. The van der Waals surface area contributed by atoms with Crippen molar-refractivity contribution in [3.8, 4) is 0 Å². The SMILES string of the molecule is Cc1ccc(Nc2cc3c([nH]c2=O)=NCN=3)cc1F. The quantitative estimate of drug-likeness (QED) is 0.835. The number of H-pyrrole nitrogens is 1. The van der Waals surface area contributed by atoms with E-state index in [2.05, 4.69) is 20.3 Å². The average molecular weight is 258 g/mol. The molecule has 0 saturated carbocycles. The lowest BCUT2D eigenvalue weighted by molar-refractivity contribution is 0.619. The van der Waals surface area contributed by atoms with Crippen LogP contribution in [0.25, 0.3) is 0 Å². The molecule has 0 amide bonds. The first-order valence-corrected chi connectivity index (χ1v) is 5.79. The Morgan fingerprint density at radius 2 is 2.16 bits per heavy atom. The second-order valence-electron chi connectivity index (χ2n) is 4.29. The Kier molecular flexibility index (Phi) is 2.63. The largest absolute Gasteiger partial charge is 0.351 e. The van der Waals surface area contributed by atoms with Gasteiger partial charge in [0.05, 0.1) is 0 Å². The van der Waals surface area contributed by atoms with Crippen molar-refractivity contribution in [3.05, 3.63) is 56.8 Å². The van der Waals surface area contributed by atoms with Crippen LogP contribution in [0.4, 0.5) is 15.8 Å². The molecule has 0 atom stereocenters. The number of rotatable bonds is 2. The van der Waals surface area contributed by atoms with Crippen molar-refractivity contribution in [1.82, 2.24) is 4.98 Å². The highest BCUT2D eigenvalue weighted by molar-refractivity contribution is 5.58. The van der Waals surface area contributed by atoms with Gasteiger partial charge in [-0.15, -0.1) is 0 Å². The number of nitrogens with zero attached hydrogens (tertiary/aromatic N) is 2. The number of aromatic nitrogens is 1. The summed E-state index contributed by atoms with van der Waals surface area (Å²) in [6.45, 7) is 2.01. The summed E-state index contributed by atoms with van der Waals surface area (Å²) < 4.78 is 13.4. The van der Waals surface area contributed by atoms with Gasteiger partial charge in [0.25, 0.3) is 5.56 Å². The van der Waals surface area contributed by atoms with Crippen molar-refractivity contribution in [2.75, 3.05) is 12.0 Å². The van der Waals surface area contributed by atoms with E-state index in [0.717, 1.165) is 0 Å².